The molecule has 1 aromatic carbocycles. The molecular weight excluding hydrogens is 296 g/mol. The fourth-order valence-electron chi connectivity index (χ4n) is 1.92. The van der Waals surface area contributed by atoms with Gasteiger partial charge in [0.05, 0.1) is 5.56 Å². The van der Waals surface area contributed by atoms with Gasteiger partial charge in [0.25, 0.3) is 5.91 Å². The van der Waals surface area contributed by atoms with Gasteiger partial charge in [0, 0.05) is 22.4 Å². The van der Waals surface area contributed by atoms with E-state index in [4.69, 9.17) is 5.53 Å². The Bertz CT molecular complexity index is 866. The molecule has 0 bridgehead atoms. The first-order valence-corrected chi connectivity index (χ1v) is 6.54. The summed E-state index contributed by atoms with van der Waals surface area (Å²) in [5, 5.41) is 12.7. The highest BCUT2D eigenvalue weighted by Gasteiger charge is 2.08. The van der Waals surface area contributed by atoms with Crippen LogP contribution in [0.4, 0.5) is 11.5 Å². The van der Waals surface area contributed by atoms with Gasteiger partial charge in [0.1, 0.15) is 12.1 Å². The van der Waals surface area contributed by atoms with Crippen LogP contribution in [-0.2, 0) is 0 Å². The maximum absolute atomic E-state index is 12.2. The van der Waals surface area contributed by atoms with Crippen LogP contribution in [0.2, 0.25) is 0 Å². The van der Waals surface area contributed by atoms with Crippen LogP contribution in [0.3, 0.4) is 0 Å². The van der Waals surface area contributed by atoms with Crippen LogP contribution in [0.5, 0.6) is 0 Å². The Labute approximate surface area is 130 Å². The summed E-state index contributed by atoms with van der Waals surface area (Å²) in [4.78, 5) is 22.8. The summed E-state index contributed by atoms with van der Waals surface area (Å²) in [7, 11) is 0. The number of amides is 1. The van der Waals surface area contributed by atoms with Crippen molar-refractivity contribution in [3.63, 3.8) is 0 Å². The van der Waals surface area contributed by atoms with Crippen molar-refractivity contribution in [2.24, 2.45) is 5.11 Å². The van der Waals surface area contributed by atoms with E-state index in [1.54, 1.807) is 18.2 Å². The van der Waals surface area contributed by atoms with Crippen molar-refractivity contribution in [1.82, 2.24) is 20.2 Å². The second-order valence-electron chi connectivity index (χ2n) is 4.46. The van der Waals surface area contributed by atoms with Gasteiger partial charge in [-0.2, -0.15) is 5.10 Å². The van der Waals surface area contributed by atoms with Crippen molar-refractivity contribution >= 4 is 17.4 Å². The number of benzene rings is 1. The van der Waals surface area contributed by atoms with Crippen molar-refractivity contribution < 1.29 is 4.79 Å². The number of aromatic nitrogens is 4. The Balaban J connectivity index is 1.77. The molecule has 23 heavy (non-hydrogen) atoms. The fraction of sp³-hybridized carbons (Fsp3) is 0. The van der Waals surface area contributed by atoms with Crippen LogP contribution in [0, 0.1) is 0 Å². The summed E-state index contributed by atoms with van der Waals surface area (Å²) < 4.78 is 0. The highest BCUT2D eigenvalue weighted by atomic mass is 16.1. The highest BCUT2D eigenvalue weighted by molar-refractivity contribution is 6.04. The molecule has 0 aliphatic carbocycles. The molecule has 0 atom stereocenters. The van der Waals surface area contributed by atoms with Gasteiger partial charge in [-0.05, 0) is 34.9 Å². The van der Waals surface area contributed by atoms with E-state index in [9.17, 15) is 4.79 Å². The van der Waals surface area contributed by atoms with Crippen LogP contribution in [0.1, 0.15) is 10.4 Å². The summed E-state index contributed by atoms with van der Waals surface area (Å²) in [5.74, 6) is 0.498. The zero-order chi connectivity index (χ0) is 16.1. The summed E-state index contributed by atoms with van der Waals surface area (Å²) in [5.41, 5.74) is 10.1. The number of pyridine rings is 1. The topological polar surface area (TPSA) is 132 Å². The van der Waals surface area contributed by atoms with E-state index in [0.717, 1.165) is 5.56 Å². The van der Waals surface area contributed by atoms with Gasteiger partial charge in [-0.15, -0.1) is 0 Å². The lowest BCUT2D eigenvalue weighted by Gasteiger charge is -2.06. The Kier molecular flexibility index (Phi) is 3.94. The molecule has 0 unspecified atom stereocenters. The van der Waals surface area contributed by atoms with Gasteiger partial charge in [0.2, 0.25) is 0 Å². The molecule has 9 heteroatoms. The monoisotopic (exact) mass is 306 g/mol. The highest BCUT2D eigenvalue weighted by Crippen LogP contribution is 2.19. The molecule has 0 spiro atoms. The van der Waals surface area contributed by atoms with Crippen LogP contribution < -0.4 is 5.32 Å². The lowest BCUT2D eigenvalue weighted by atomic mass is 10.2. The summed E-state index contributed by atoms with van der Waals surface area (Å²) in [6, 6.07) is 10.2. The van der Waals surface area contributed by atoms with E-state index in [1.165, 1.54) is 24.7 Å². The van der Waals surface area contributed by atoms with E-state index < -0.39 is 0 Å². The molecule has 1 amide bonds. The number of anilines is 1. The standard InChI is InChI=1S/C14H10N8O/c15-22-20-12-5-4-10(7-16-12)14(23)19-11-3-1-2-9(6-11)13-17-8-18-21-13/h1-8H,(H,19,23)(H,17,18,21). The molecule has 112 valence electrons. The fourth-order valence-corrected chi connectivity index (χ4v) is 1.92. The van der Waals surface area contributed by atoms with E-state index in [0.29, 0.717) is 17.1 Å². The first-order valence-electron chi connectivity index (χ1n) is 6.54. The first kappa shape index (κ1) is 14.2. The largest absolute Gasteiger partial charge is 0.322 e. The molecule has 0 radical (unpaired) electrons. The minimum atomic E-state index is -0.320. The second kappa shape index (κ2) is 6.37. The predicted octanol–water partition coefficient (Wildman–Crippen LogP) is 3.06. The van der Waals surface area contributed by atoms with Crippen molar-refractivity contribution in [2.45, 2.75) is 0 Å². The number of rotatable bonds is 4. The zero-order valence-electron chi connectivity index (χ0n) is 11.7. The Morgan fingerprint density at radius 3 is 2.87 bits per heavy atom. The van der Waals surface area contributed by atoms with Gasteiger partial charge < -0.3 is 5.32 Å². The van der Waals surface area contributed by atoms with Crippen LogP contribution in [0.25, 0.3) is 21.8 Å². The Hall–Kier alpha value is -3.71. The average molecular weight is 306 g/mol. The maximum Gasteiger partial charge on any atom is 0.257 e. The van der Waals surface area contributed by atoms with Crippen molar-refractivity contribution in [2.75, 3.05) is 5.32 Å². The van der Waals surface area contributed by atoms with E-state index in [-0.39, 0.29) is 11.7 Å². The number of H-pyrrole nitrogens is 1. The van der Waals surface area contributed by atoms with Gasteiger partial charge in [-0.3, -0.25) is 14.9 Å². The SMILES string of the molecule is [N-]=[N+]=Nc1ccc(C(=O)Nc2cccc(-c3ncn[nH]3)c2)cn1. The molecule has 2 heterocycles. The molecular formula is C14H10N8O. The van der Waals surface area contributed by atoms with Gasteiger partial charge in [-0.25, -0.2) is 4.98 Å². The number of carbonyl (C=O) groups is 1. The van der Waals surface area contributed by atoms with Gasteiger partial charge in [0.15, 0.2) is 5.82 Å². The van der Waals surface area contributed by atoms with Crippen molar-refractivity contribution in [3.8, 4) is 11.4 Å². The number of nitrogens with one attached hydrogen (secondary N) is 2. The third kappa shape index (κ3) is 3.31. The minimum absolute atomic E-state index is 0.205. The van der Waals surface area contributed by atoms with Crippen molar-refractivity contribution in [3.05, 3.63) is 64.9 Å². The molecule has 2 N–H and O–H groups in total. The number of carbonyl (C=O) groups excluding carboxylic acids is 1. The number of aromatic amines is 1. The number of hydrogen-bond donors (Lipinski definition) is 2. The maximum atomic E-state index is 12.2. The van der Waals surface area contributed by atoms with Crippen LogP contribution in [-0.4, -0.2) is 26.1 Å². The van der Waals surface area contributed by atoms with E-state index >= 15 is 0 Å². The van der Waals surface area contributed by atoms with Gasteiger partial charge >= 0.3 is 0 Å². The molecule has 3 rings (SSSR count). The molecule has 0 aliphatic rings. The van der Waals surface area contributed by atoms with Crippen LogP contribution in [0.15, 0.2) is 54.0 Å². The summed E-state index contributed by atoms with van der Waals surface area (Å²) in [6.07, 6.45) is 2.76. The third-order valence-corrected chi connectivity index (χ3v) is 2.97. The molecule has 0 saturated carbocycles. The molecule has 0 saturated heterocycles. The quantitative estimate of drug-likeness (QED) is 0.435. The van der Waals surface area contributed by atoms with E-state index in [2.05, 4.69) is 35.5 Å². The van der Waals surface area contributed by atoms with Crippen LogP contribution >= 0.6 is 0 Å². The normalized spacial score (nSPS) is 9.91. The average Bonchev–Trinajstić information content (AvgIpc) is 3.11. The lowest BCUT2D eigenvalue weighted by molar-refractivity contribution is 0.102. The Morgan fingerprint density at radius 2 is 2.17 bits per heavy atom. The molecule has 0 aliphatic heterocycles. The minimum Gasteiger partial charge on any atom is -0.322 e. The molecule has 2 aromatic heterocycles. The van der Waals surface area contributed by atoms with E-state index in [1.807, 2.05) is 6.07 Å². The predicted molar refractivity (Wildman–Crippen MR) is 82.8 cm³/mol. The molecule has 9 nitrogen and oxygen atoms in total. The summed E-state index contributed by atoms with van der Waals surface area (Å²) >= 11 is 0. The smallest absolute Gasteiger partial charge is 0.257 e. The second-order valence-corrected chi connectivity index (χ2v) is 4.46. The Morgan fingerprint density at radius 1 is 1.26 bits per heavy atom. The molecule has 3 aromatic rings. The van der Waals surface area contributed by atoms with Crippen molar-refractivity contribution in [1.29, 1.82) is 0 Å². The lowest BCUT2D eigenvalue weighted by Crippen LogP contribution is -2.12. The third-order valence-electron chi connectivity index (χ3n) is 2.97. The first-order chi connectivity index (χ1) is 11.3. The number of hydrogen-bond acceptors (Lipinski definition) is 5. The number of azide groups is 1. The van der Waals surface area contributed by atoms with Gasteiger partial charge in [-0.1, -0.05) is 12.1 Å². The number of nitrogens with zero attached hydrogens (tertiary/aromatic N) is 6. The molecule has 0 fully saturated rings. The zero-order valence-corrected chi connectivity index (χ0v) is 11.7. The summed E-state index contributed by atoms with van der Waals surface area (Å²) in [6.45, 7) is 0.